The van der Waals surface area contributed by atoms with Gasteiger partial charge in [-0.25, -0.2) is 4.98 Å². The van der Waals surface area contributed by atoms with Crippen molar-refractivity contribution >= 4 is 11.8 Å². The number of rotatable bonds is 4. The van der Waals surface area contributed by atoms with Crippen molar-refractivity contribution in [3.63, 3.8) is 0 Å². The largest absolute Gasteiger partial charge is 0.444 e. The Labute approximate surface area is 112 Å². The van der Waals surface area contributed by atoms with Gasteiger partial charge in [0.25, 0.3) is 0 Å². The number of oxazole rings is 1. The van der Waals surface area contributed by atoms with Crippen LogP contribution < -0.4 is 5.32 Å². The van der Waals surface area contributed by atoms with Gasteiger partial charge in [0, 0.05) is 0 Å². The molecule has 0 bridgehead atoms. The van der Waals surface area contributed by atoms with E-state index in [0.717, 1.165) is 6.42 Å². The maximum absolute atomic E-state index is 12.3. The molecule has 1 aliphatic heterocycles. The van der Waals surface area contributed by atoms with Crippen LogP contribution in [0.1, 0.15) is 31.9 Å². The summed E-state index contributed by atoms with van der Waals surface area (Å²) in [7, 11) is 0. The van der Waals surface area contributed by atoms with Gasteiger partial charge < -0.3 is 14.6 Å². The Balaban J connectivity index is 2.11. The van der Waals surface area contributed by atoms with Gasteiger partial charge in [0.15, 0.2) is 0 Å². The molecule has 2 rings (SSSR count). The van der Waals surface area contributed by atoms with Gasteiger partial charge in [0.2, 0.25) is 17.7 Å². The minimum atomic E-state index is -0.442. The number of nitrogens with zero attached hydrogens (tertiary/aromatic N) is 2. The molecule has 2 atom stereocenters. The van der Waals surface area contributed by atoms with Gasteiger partial charge in [-0.05, 0) is 12.8 Å². The normalized spacial score (nSPS) is 21.4. The summed E-state index contributed by atoms with van der Waals surface area (Å²) in [5, 5.41) is 2.76. The van der Waals surface area contributed by atoms with E-state index in [2.05, 4.69) is 10.3 Å². The molecule has 2 amide bonds. The summed E-state index contributed by atoms with van der Waals surface area (Å²) in [5.74, 6) is 1.08. The molecular formula is C13H19N3O3. The lowest BCUT2D eigenvalue weighted by atomic mass is 9.96. The van der Waals surface area contributed by atoms with Crippen molar-refractivity contribution < 1.29 is 14.0 Å². The summed E-state index contributed by atoms with van der Waals surface area (Å²) >= 11 is 0. The number of aryl methyl sites for hydroxylation is 1. The standard InChI is InChI=1S/C13H19N3O3/c1-4-8(2)12-13(18)16(6-10(17)15-12)7-11-14-5-9(3)19-11/h5,8,12H,4,6-7H2,1-3H3,(H,15,17). The van der Waals surface area contributed by atoms with Crippen LogP contribution in [0.5, 0.6) is 0 Å². The average molecular weight is 265 g/mol. The molecule has 0 aromatic carbocycles. The fourth-order valence-electron chi connectivity index (χ4n) is 2.12. The van der Waals surface area contributed by atoms with Gasteiger partial charge >= 0.3 is 0 Å². The van der Waals surface area contributed by atoms with Gasteiger partial charge in [-0.1, -0.05) is 20.3 Å². The summed E-state index contributed by atoms with van der Waals surface area (Å²) < 4.78 is 5.36. The summed E-state index contributed by atoms with van der Waals surface area (Å²) in [6.07, 6.45) is 2.44. The minimum absolute atomic E-state index is 0.0627. The molecule has 0 aliphatic carbocycles. The van der Waals surface area contributed by atoms with Crippen molar-refractivity contribution in [3.05, 3.63) is 17.8 Å². The zero-order valence-corrected chi connectivity index (χ0v) is 11.5. The first-order chi connectivity index (χ1) is 9.01. The van der Waals surface area contributed by atoms with E-state index in [4.69, 9.17) is 4.42 Å². The number of carbonyl (C=O) groups excluding carboxylic acids is 2. The number of carbonyl (C=O) groups is 2. The SMILES string of the molecule is CCC(C)C1NC(=O)CN(Cc2ncc(C)o2)C1=O. The predicted octanol–water partition coefficient (Wildman–Crippen LogP) is 0.856. The van der Waals surface area contributed by atoms with Crippen LogP contribution >= 0.6 is 0 Å². The quantitative estimate of drug-likeness (QED) is 0.876. The summed E-state index contributed by atoms with van der Waals surface area (Å²) in [6, 6.07) is -0.442. The lowest BCUT2D eigenvalue weighted by Crippen LogP contribution is -2.59. The summed E-state index contributed by atoms with van der Waals surface area (Å²) in [4.78, 5) is 29.6. The summed E-state index contributed by atoms with van der Waals surface area (Å²) in [5.41, 5.74) is 0. The Bertz CT molecular complexity index is 483. The fourth-order valence-corrected chi connectivity index (χ4v) is 2.12. The smallest absolute Gasteiger partial charge is 0.246 e. The number of nitrogens with one attached hydrogen (secondary N) is 1. The summed E-state index contributed by atoms with van der Waals surface area (Å²) in [6.45, 7) is 6.06. The van der Waals surface area contributed by atoms with E-state index >= 15 is 0 Å². The van der Waals surface area contributed by atoms with E-state index in [9.17, 15) is 9.59 Å². The molecule has 6 nitrogen and oxygen atoms in total. The molecule has 1 aliphatic rings. The van der Waals surface area contributed by atoms with Gasteiger partial charge in [0.05, 0.1) is 12.7 Å². The molecule has 2 unspecified atom stereocenters. The predicted molar refractivity (Wildman–Crippen MR) is 68.0 cm³/mol. The third-order valence-corrected chi connectivity index (χ3v) is 3.44. The first-order valence-electron chi connectivity index (χ1n) is 6.50. The lowest BCUT2D eigenvalue weighted by molar-refractivity contribution is -0.146. The molecule has 6 heteroatoms. The van der Waals surface area contributed by atoms with Gasteiger partial charge in [0.1, 0.15) is 18.3 Å². The van der Waals surface area contributed by atoms with Crippen molar-refractivity contribution in [2.24, 2.45) is 5.92 Å². The zero-order chi connectivity index (χ0) is 14.0. The van der Waals surface area contributed by atoms with Crippen LogP contribution in [0.2, 0.25) is 0 Å². The van der Waals surface area contributed by atoms with Gasteiger partial charge in [-0.15, -0.1) is 0 Å². The van der Waals surface area contributed by atoms with E-state index in [1.54, 1.807) is 13.1 Å². The fraction of sp³-hybridized carbons (Fsp3) is 0.615. The van der Waals surface area contributed by atoms with E-state index < -0.39 is 6.04 Å². The number of aromatic nitrogens is 1. The van der Waals surface area contributed by atoms with Crippen LogP contribution in [0, 0.1) is 12.8 Å². The van der Waals surface area contributed by atoms with E-state index in [0.29, 0.717) is 11.7 Å². The van der Waals surface area contributed by atoms with Crippen molar-refractivity contribution in [2.75, 3.05) is 6.54 Å². The monoisotopic (exact) mass is 265 g/mol. The molecule has 0 radical (unpaired) electrons. The molecule has 0 saturated carbocycles. The van der Waals surface area contributed by atoms with Crippen molar-refractivity contribution in [3.8, 4) is 0 Å². The third-order valence-electron chi connectivity index (χ3n) is 3.44. The highest BCUT2D eigenvalue weighted by Gasteiger charge is 2.35. The number of hydrogen-bond acceptors (Lipinski definition) is 4. The Kier molecular flexibility index (Phi) is 3.87. The number of hydrogen-bond donors (Lipinski definition) is 1. The van der Waals surface area contributed by atoms with Crippen molar-refractivity contribution in [2.45, 2.75) is 39.8 Å². The van der Waals surface area contributed by atoms with E-state index in [1.165, 1.54) is 4.90 Å². The van der Waals surface area contributed by atoms with E-state index in [1.807, 2.05) is 13.8 Å². The Morgan fingerprint density at radius 1 is 1.58 bits per heavy atom. The van der Waals surface area contributed by atoms with Crippen molar-refractivity contribution in [1.29, 1.82) is 0 Å². The molecule has 1 aromatic heterocycles. The van der Waals surface area contributed by atoms with E-state index in [-0.39, 0.29) is 30.8 Å². The van der Waals surface area contributed by atoms with Gasteiger partial charge in [-0.2, -0.15) is 0 Å². The van der Waals surface area contributed by atoms with Crippen LogP contribution in [0.3, 0.4) is 0 Å². The molecule has 104 valence electrons. The highest BCUT2D eigenvalue weighted by atomic mass is 16.4. The Hall–Kier alpha value is -1.85. The molecule has 0 spiro atoms. The molecule has 19 heavy (non-hydrogen) atoms. The number of amides is 2. The third kappa shape index (κ3) is 2.94. The Morgan fingerprint density at radius 3 is 2.89 bits per heavy atom. The minimum Gasteiger partial charge on any atom is -0.444 e. The maximum Gasteiger partial charge on any atom is 0.246 e. The van der Waals surface area contributed by atoms with Crippen LogP contribution in [0.15, 0.2) is 10.6 Å². The molecule has 2 heterocycles. The van der Waals surface area contributed by atoms with Crippen LogP contribution in [-0.4, -0.2) is 34.3 Å². The second kappa shape index (κ2) is 5.42. The lowest BCUT2D eigenvalue weighted by Gasteiger charge is -2.34. The first-order valence-corrected chi connectivity index (χ1v) is 6.50. The molecule has 1 N–H and O–H groups in total. The molecule has 1 saturated heterocycles. The van der Waals surface area contributed by atoms with Crippen LogP contribution in [0.4, 0.5) is 0 Å². The molecule has 1 aromatic rings. The first kappa shape index (κ1) is 13.6. The second-order valence-corrected chi connectivity index (χ2v) is 4.99. The number of piperazine rings is 1. The molecular weight excluding hydrogens is 246 g/mol. The topological polar surface area (TPSA) is 75.4 Å². The Morgan fingerprint density at radius 2 is 2.32 bits per heavy atom. The zero-order valence-electron chi connectivity index (χ0n) is 11.5. The molecule has 1 fully saturated rings. The van der Waals surface area contributed by atoms with Crippen LogP contribution in [-0.2, 0) is 16.1 Å². The highest BCUT2D eigenvalue weighted by Crippen LogP contribution is 2.16. The maximum atomic E-state index is 12.3. The second-order valence-electron chi connectivity index (χ2n) is 4.99. The van der Waals surface area contributed by atoms with Crippen LogP contribution in [0.25, 0.3) is 0 Å². The average Bonchev–Trinajstić information content (AvgIpc) is 2.78. The van der Waals surface area contributed by atoms with Gasteiger partial charge in [-0.3, -0.25) is 9.59 Å². The highest BCUT2D eigenvalue weighted by molar-refractivity contribution is 5.94. The van der Waals surface area contributed by atoms with Crippen molar-refractivity contribution in [1.82, 2.24) is 15.2 Å².